The van der Waals surface area contributed by atoms with Crippen molar-refractivity contribution in [1.29, 1.82) is 0 Å². The third-order valence-electron chi connectivity index (χ3n) is 11.0. The van der Waals surface area contributed by atoms with Gasteiger partial charge in [-0.15, -0.1) is 70.2 Å². The summed E-state index contributed by atoms with van der Waals surface area (Å²) in [6, 6.07) is 41.7. The molecule has 0 bridgehead atoms. The van der Waals surface area contributed by atoms with Crippen LogP contribution in [-0.2, 0) is 33.9 Å². The molecule has 4 heterocycles. The van der Waals surface area contributed by atoms with E-state index in [0.717, 1.165) is 66.9 Å². The van der Waals surface area contributed by atoms with E-state index in [4.69, 9.17) is 14.9 Å². The zero-order chi connectivity index (χ0) is 40.8. The smallest absolute Gasteiger partial charge is 0.497 e. The zero-order valence-corrected chi connectivity index (χ0v) is 38.9. The third-order valence-corrected chi connectivity index (χ3v) is 13.5. The molecule has 0 fully saturated rings. The van der Waals surface area contributed by atoms with Gasteiger partial charge in [0.15, 0.2) is 0 Å². The molecule has 10 aromatic rings. The summed E-state index contributed by atoms with van der Waals surface area (Å²) in [6.07, 6.45) is 2.07. The molecule has 0 aliphatic heterocycles. The van der Waals surface area contributed by atoms with Gasteiger partial charge in [-0.25, -0.2) is 0 Å². The number of hydrogen-bond acceptors (Lipinski definition) is 7. The first-order chi connectivity index (χ1) is 28.3. The Labute approximate surface area is 373 Å². The Morgan fingerprint density at radius 1 is 0.500 bits per heavy atom. The molecule has 0 amide bonds. The van der Waals surface area contributed by atoms with Crippen molar-refractivity contribution >= 4 is 84.6 Å². The summed E-state index contributed by atoms with van der Waals surface area (Å²) >= 11 is 3.56. The standard InChI is InChI=1S/C52H44N4OS2.Pt/c1-29-43-41-21-17-33-23-31(27-51(3,4)5)15-19-39(33)47(41)58-49(43)45(55-53-29)35-11-9-13-37(25-35)57-38-14-10-12-36(26-38)46-50-44(30(2)54-56-46)42-22-18-34-24-32(28-52(6,7)8)16-20-40(34)48(42)59-50;/h9-24H,27-28H2,1-8H3;/q-2;+2. The summed E-state index contributed by atoms with van der Waals surface area (Å²) in [5, 5.41) is 28.5. The van der Waals surface area contributed by atoms with E-state index in [1.807, 2.05) is 50.2 Å². The second kappa shape index (κ2) is 15.1. The molecule has 6 aromatic carbocycles. The van der Waals surface area contributed by atoms with Gasteiger partial charge in [-0.1, -0.05) is 114 Å². The Balaban J connectivity index is 0.00000462. The maximum atomic E-state index is 6.50. The molecule has 0 aliphatic rings. The van der Waals surface area contributed by atoms with Crippen molar-refractivity contribution in [2.24, 2.45) is 10.8 Å². The van der Waals surface area contributed by atoms with Crippen LogP contribution >= 0.6 is 22.7 Å². The van der Waals surface area contributed by atoms with Crippen LogP contribution in [-0.4, -0.2) is 20.4 Å². The molecule has 8 heteroatoms. The van der Waals surface area contributed by atoms with Gasteiger partial charge in [-0.3, -0.25) is 0 Å². The average Bonchev–Trinajstić information content (AvgIpc) is 3.78. The van der Waals surface area contributed by atoms with E-state index in [1.54, 1.807) is 22.7 Å². The number of benzene rings is 6. The molecule has 0 radical (unpaired) electrons. The summed E-state index contributed by atoms with van der Waals surface area (Å²) in [6.45, 7) is 17.8. The minimum atomic E-state index is 0. The first-order valence-corrected chi connectivity index (χ1v) is 21.9. The molecule has 0 aliphatic carbocycles. The molecule has 0 saturated carbocycles. The average molecular weight is 1000 g/mol. The number of thiophene rings is 2. The maximum Gasteiger partial charge on any atom is 2.00 e. The second-order valence-corrected chi connectivity index (χ2v) is 20.4. The van der Waals surface area contributed by atoms with Crippen molar-refractivity contribution < 1.29 is 25.8 Å². The molecule has 0 atom stereocenters. The number of aromatic nitrogens is 4. The zero-order valence-electron chi connectivity index (χ0n) is 35.0. The molecule has 0 spiro atoms. The number of hydrogen-bond donors (Lipinski definition) is 0. The van der Waals surface area contributed by atoms with Crippen LogP contribution in [0, 0.1) is 36.8 Å². The van der Waals surface area contributed by atoms with Crippen molar-refractivity contribution in [3.8, 4) is 34.0 Å². The molecular weight excluding hydrogens is 956 g/mol. The molecule has 0 N–H and O–H groups in total. The fraction of sp³-hybridized carbons (Fsp3) is 0.231. The van der Waals surface area contributed by atoms with Gasteiger partial charge in [-0.05, 0) is 70.2 Å². The number of rotatable bonds is 6. The minimum Gasteiger partial charge on any atom is -0.497 e. The molecule has 10 rings (SSSR count). The van der Waals surface area contributed by atoms with E-state index in [0.29, 0.717) is 11.5 Å². The molecule has 60 heavy (non-hydrogen) atoms. The van der Waals surface area contributed by atoms with Crippen LogP contribution in [0.25, 0.3) is 84.4 Å². The predicted molar refractivity (Wildman–Crippen MR) is 249 cm³/mol. The van der Waals surface area contributed by atoms with Crippen molar-refractivity contribution in [1.82, 2.24) is 20.4 Å². The van der Waals surface area contributed by atoms with Crippen molar-refractivity contribution in [3.63, 3.8) is 0 Å². The number of aryl methyl sites for hydroxylation is 2. The number of fused-ring (bicyclic) bond motifs is 10. The van der Waals surface area contributed by atoms with Gasteiger partial charge in [0, 0.05) is 63.2 Å². The topological polar surface area (TPSA) is 60.8 Å². The first kappa shape index (κ1) is 40.3. The fourth-order valence-corrected chi connectivity index (χ4v) is 11.3. The van der Waals surface area contributed by atoms with Gasteiger partial charge in [0.2, 0.25) is 0 Å². The summed E-state index contributed by atoms with van der Waals surface area (Å²) in [5.41, 5.74) is 8.26. The summed E-state index contributed by atoms with van der Waals surface area (Å²) in [4.78, 5) is 0. The maximum absolute atomic E-state index is 6.50. The van der Waals surface area contributed by atoms with Crippen LogP contribution in [0.4, 0.5) is 0 Å². The van der Waals surface area contributed by atoms with E-state index in [1.165, 1.54) is 52.8 Å². The van der Waals surface area contributed by atoms with E-state index in [9.17, 15) is 0 Å². The molecular formula is C52H44N4OPtS2. The van der Waals surface area contributed by atoms with Crippen molar-refractivity contribution in [2.75, 3.05) is 0 Å². The normalized spacial score (nSPS) is 12.3. The summed E-state index contributed by atoms with van der Waals surface area (Å²) in [7, 11) is 0. The fourth-order valence-electron chi connectivity index (χ4n) is 8.57. The molecule has 0 unspecified atom stereocenters. The van der Waals surface area contributed by atoms with Gasteiger partial charge in [-0.2, -0.15) is 20.4 Å². The Hall–Kier alpha value is -5.07. The Morgan fingerprint density at radius 2 is 0.917 bits per heavy atom. The molecule has 4 aromatic heterocycles. The van der Waals surface area contributed by atoms with Gasteiger partial charge < -0.3 is 4.74 Å². The Bertz CT molecular complexity index is 3090. The van der Waals surface area contributed by atoms with Gasteiger partial charge in [0.05, 0.1) is 11.4 Å². The van der Waals surface area contributed by atoms with Crippen LogP contribution in [0.3, 0.4) is 0 Å². The predicted octanol–water partition coefficient (Wildman–Crippen LogP) is 14.8. The van der Waals surface area contributed by atoms with Crippen LogP contribution in [0.5, 0.6) is 11.5 Å². The molecule has 0 saturated heterocycles. The van der Waals surface area contributed by atoms with E-state index < -0.39 is 0 Å². The monoisotopic (exact) mass is 999 g/mol. The number of ether oxygens (including phenoxy) is 1. The van der Waals surface area contributed by atoms with E-state index >= 15 is 0 Å². The first-order valence-electron chi connectivity index (χ1n) is 20.2. The van der Waals surface area contributed by atoms with Crippen LogP contribution in [0.1, 0.15) is 64.1 Å². The SMILES string of the molecule is Cc1nnc(-c2[c-]c(Oc3[c-]c(-c4nnc(C)c5c4sc4c6ccc(CC(C)(C)C)cc6ccc45)ccc3)ccc2)c2sc3c4ccc(CC(C)(C)C)cc4ccc3c12.[Pt+2]. The summed E-state index contributed by atoms with van der Waals surface area (Å²) in [5.74, 6) is 1.15. The minimum absolute atomic E-state index is 0. The van der Waals surface area contributed by atoms with E-state index in [2.05, 4.69) is 125 Å². The van der Waals surface area contributed by atoms with Crippen molar-refractivity contribution in [2.45, 2.75) is 68.2 Å². The molecule has 300 valence electrons. The van der Waals surface area contributed by atoms with Crippen LogP contribution in [0.15, 0.2) is 97.1 Å². The quantitative estimate of drug-likeness (QED) is 0.155. The third kappa shape index (κ3) is 7.39. The van der Waals surface area contributed by atoms with Gasteiger partial charge in [0.1, 0.15) is 0 Å². The number of nitrogens with zero attached hydrogens (tertiary/aromatic N) is 4. The van der Waals surface area contributed by atoms with Crippen LogP contribution in [0.2, 0.25) is 0 Å². The van der Waals surface area contributed by atoms with Gasteiger partial charge in [0.25, 0.3) is 0 Å². The van der Waals surface area contributed by atoms with Crippen molar-refractivity contribution in [3.05, 3.63) is 132 Å². The van der Waals surface area contributed by atoms with E-state index in [-0.39, 0.29) is 31.9 Å². The summed E-state index contributed by atoms with van der Waals surface area (Å²) < 4.78 is 11.2. The Morgan fingerprint density at radius 3 is 1.33 bits per heavy atom. The largest absolute Gasteiger partial charge is 2.00 e. The van der Waals surface area contributed by atoms with Crippen LogP contribution < -0.4 is 4.74 Å². The Kier molecular flexibility index (Phi) is 10.2. The van der Waals surface area contributed by atoms with Gasteiger partial charge >= 0.3 is 21.1 Å². The molecule has 5 nitrogen and oxygen atoms in total. The second-order valence-electron chi connectivity index (χ2n) is 18.3.